The fourth-order valence-electron chi connectivity index (χ4n) is 3.65. The lowest BCUT2D eigenvalue weighted by Gasteiger charge is -2.25. The first kappa shape index (κ1) is 23.1. The molecule has 1 amide bonds. The summed E-state index contributed by atoms with van der Waals surface area (Å²) in [5, 5.41) is 21.1. The van der Waals surface area contributed by atoms with Gasteiger partial charge in [0.25, 0.3) is 11.7 Å². The monoisotopic (exact) mass is 441 g/mol. The SMILES string of the molecule is CCOc1ccc(/C(O)=C2\C(=O)C(=O)N(CCOC)[C@H]2c2ccc(O)c(OCC)c2)cc1. The molecular formula is C24H27NO7. The van der Waals surface area contributed by atoms with Gasteiger partial charge in [0.15, 0.2) is 11.5 Å². The molecule has 8 nitrogen and oxygen atoms in total. The number of methoxy groups -OCH3 is 1. The molecule has 0 unspecified atom stereocenters. The Morgan fingerprint density at radius 1 is 1.03 bits per heavy atom. The van der Waals surface area contributed by atoms with E-state index in [4.69, 9.17) is 14.2 Å². The molecule has 170 valence electrons. The molecule has 1 saturated heterocycles. The molecule has 8 heteroatoms. The first-order valence-electron chi connectivity index (χ1n) is 10.4. The Balaban J connectivity index is 2.13. The van der Waals surface area contributed by atoms with Gasteiger partial charge < -0.3 is 29.3 Å². The van der Waals surface area contributed by atoms with E-state index in [-0.39, 0.29) is 36.0 Å². The summed E-state index contributed by atoms with van der Waals surface area (Å²) in [6.45, 7) is 4.83. The maximum absolute atomic E-state index is 13.0. The van der Waals surface area contributed by atoms with Gasteiger partial charge in [-0.25, -0.2) is 0 Å². The highest BCUT2D eigenvalue weighted by Gasteiger charge is 2.46. The van der Waals surface area contributed by atoms with Crippen LogP contribution in [-0.2, 0) is 14.3 Å². The predicted octanol–water partition coefficient (Wildman–Crippen LogP) is 3.26. The third kappa shape index (κ3) is 4.55. The van der Waals surface area contributed by atoms with Gasteiger partial charge in [0.05, 0.1) is 31.4 Å². The third-order valence-electron chi connectivity index (χ3n) is 5.11. The standard InChI is InChI=1S/C24H27NO7/c1-4-31-17-9-6-15(7-10-17)22(27)20-21(25(12-13-30-3)24(29)23(20)28)16-8-11-18(26)19(14-16)32-5-2/h6-11,14,21,26-27H,4-5,12-13H2,1-3H3/b22-20+/t21-/m0/s1. The highest BCUT2D eigenvalue weighted by atomic mass is 16.5. The van der Waals surface area contributed by atoms with Crippen LogP contribution in [0.5, 0.6) is 17.2 Å². The maximum Gasteiger partial charge on any atom is 0.295 e. The minimum atomic E-state index is -0.864. The number of rotatable bonds is 9. The zero-order valence-electron chi connectivity index (χ0n) is 18.3. The predicted molar refractivity (Wildman–Crippen MR) is 118 cm³/mol. The quantitative estimate of drug-likeness (QED) is 0.350. The average molecular weight is 441 g/mol. The van der Waals surface area contributed by atoms with Crippen molar-refractivity contribution in [3.05, 3.63) is 59.2 Å². The van der Waals surface area contributed by atoms with Crippen molar-refractivity contribution in [2.24, 2.45) is 0 Å². The third-order valence-corrected chi connectivity index (χ3v) is 5.11. The van der Waals surface area contributed by atoms with E-state index in [2.05, 4.69) is 0 Å². The molecule has 1 aliphatic rings. The molecule has 0 saturated carbocycles. The van der Waals surface area contributed by atoms with Crippen LogP contribution in [0.1, 0.15) is 31.0 Å². The molecule has 32 heavy (non-hydrogen) atoms. The van der Waals surface area contributed by atoms with Gasteiger partial charge in [-0.3, -0.25) is 9.59 Å². The number of aliphatic hydroxyl groups excluding tert-OH is 1. The molecule has 2 aromatic carbocycles. The molecule has 3 rings (SSSR count). The van der Waals surface area contributed by atoms with Crippen molar-refractivity contribution < 1.29 is 34.0 Å². The number of hydrogen-bond acceptors (Lipinski definition) is 7. The molecular weight excluding hydrogens is 414 g/mol. The van der Waals surface area contributed by atoms with E-state index in [1.165, 1.54) is 18.1 Å². The van der Waals surface area contributed by atoms with E-state index >= 15 is 0 Å². The smallest absolute Gasteiger partial charge is 0.295 e. The summed E-state index contributed by atoms with van der Waals surface area (Å²) < 4.78 is 16.0. The summed E-state index contributed by atoms with van der Waals surface area (Å²) in [6, 6.07) is 10.4. The highest BCUT2D eigenvalue weighted by molar-refractivity contribution is 6.46. The number of amides is 1. The summed E-state index contributed by atoms with van der Waals surface area (Å²) in [7, 11) is 1.50. The van der Waals surface area contributed by atoms with Crippen LogP contribution >= 0.6 is 0 Å². The Kier molecular flexibility index (Phi) is 7.37. The fraction of sp³-hybridized carbons (Fsp3) is 0.333. The maximum atomic E-state index is 13.0. The zero-order valence-corrected chi connectivity index (χ0v) is 18.3. The lowest BCUT2D eigenvalue weighted by Crippen LogP contribution is -2.32. The first-order valence-corrected chi connectivity index (χ1v) is 10.4. The van der Waals surface area contributed by atoms with Crippen molar-refractivity contribution in [2.45, 2.75) is 19.9 Å². The Morgan fingerprint density at radius 2 is 1.72 bits per heavy atom. The molecule has 0 aliphatic carbocycles. The number of Topliss-reactive ketones (excluding diaryl/α,β-unsaturated/α-hetero) is 1. The second-order valence-corrected chi connectivity index (χ2v) is 7.10. The number of ether oxygens (including phenoxy) is 3. The number of ketones is 1. The van der Waals surface area contributed by atoms with E-state index in [9.17, 15) is 19.8 Å². The molecule has 1 heterocycles. The molecule has 2 aromatic rings. The van der Waals surface area contributed by atoms with Crippen molar-refractivity contribution in [3.63, 3.8) is 0 Å². The Labute approximate surface area is 186 Å². The van der Waals surface area contributed by atoms with E-state index in [1.54, 1.807) is 43.3 Å². The Morgan fingerprint density at radius 3 is 2.34 bits per heavy atom. The zero-order chi connectivity index (χ0) is 23.3. The van der Waals surface area contributed by atoms with Gasteiger partial charge >= 0.3 is 0 Å². The van der Waals surface area contributed by atoms with Gasteiger partial charge in [0, 0.05) is 19.2 Å². The Hall–Kier alpha value is -3.52. The lowest BCUT2D eigenvalue weighted by molar-refractivity contribution is -0.140. The van der Waals surface area contributed by atoms with Crippen LogP contribution in [0.25, 0.3) is 5.76 Å². The first-order chi connectivity index (χ1) is 15.4. The van der Waals surface area contributed by atoms with E-state index in [0.717, 1.165) is 0 Å². The largest absolute Gasteiger partial charge is 0.507 e. The van der Waals surface area contributed by atoms with Gasteiger partial charge in [-0.05, 0) is 55.8 Å². The molecule has 0 bridgehead atoms. The summed E-state index contributed by atoms with van der Waals surface area (Å²) >= 11 is 0. The minimum Gasteiger partial charge on any atom is -0.507 e. The fourth-order valence-corrected chi connectivity index (χ4v) is 3.65. The summed E-state index contributed by atoms with van der Waals surface area (Å²) in [6.07, 6.45) is 0. The van der Waals surface area contributed by atoms with Crippen molar-refractivity contribution in [2.75, 3.05) is 33.5 Å². The molecule has 1 atom stereocenters. The van der Waals surface area contributed by atoms with Gasteiger partial charge in [0.2, 0.25) is 0 Å². The number of phenolic OH excluding ortho intramolecular Hbond substituents is 1. The van der Waals surface area contributed by atoms with Gasteiger partial charge in [-0.1, -0.05) is 6.07 Å². The minimum absolute atomic E-state index is 0.0385. The lowest BCUT2D eigenvalue weighted by atomic mass is 9.95. The molecule has 1 aliphatic heterocycles. The number of aromatic hydroxyl groups is 1. The average Bonchev–Trinajstić information content (AvgIpc) is 3.04. The number of likely N-dealkylation sites (tertiary alicyclic amines) is 1. The van der Waals surface area contributed by atoms with Gasteiger partial charge in [0.1, 0.15) is 11.5 Å². The number of hydrogen-bond donors (Lipinski definition) is 2. The highest BCUT2D eigenvalue weighted by Crippen LogP contribution is 2.41. The number of carbonyl (C=O) groups excluding carboxylic acids is 2. The van der Waals surface area contributed by atoms with Crippen molar-refractivity contribution in [1.29, 1.82) is 0 Å². The van der Waals surface area contributed by atoms with Crippen LogP contribution in [0, 0.1) is 0 Å². The van der Waals surface area contributed by atoms with E-state index in [0.29, 0.717) is 30.1 Å². The molecule has 2 N–H and O–H groups in total. The van der Waals surface area contributed by atoms with Crippen molar-refractivity contribution in [1.82, 2.24) is 4.90 Å². The second-order valence-electron chi connectivity index (χ2n) is 7.10. The van der Waals surface area contributed by atoms with E-state index < -0.39 is 17.7 Å². The molecule has 0 spiro atoms. The topological polar surface area (TPSA) is 106 Å². The Bertz CT molecular complexity index is 1010. The van der Waals surface area contributed by atoms with Crippen LogP contribution in [0.15, 0.2) is 48.0 Å². The van der Waals surface area contributed by atoms with Crippen LogP contribution in [0.3, 0.4) is 0 Å². The number of phenols is 1. The molecule has 0 aromatic heterocycles. The van der Waals surface area contributed by atoms with Crippen LogP contribution < -0.4 is 9.47 Å². The number of benzene rings is 2. The van der Waals surface area contributed by atoms with Crippen LogP contribution in [0.2, 0.25) is 0 Å². The summed E-state index contributed by atoms with van der Waals surface area (Å²) in [5.41, 5.74) is 0.865. The second kappa shape index (κ2) is 10.2. The van der Waals surface area contributed by atoms with Crippen molar-refractivity contribution in [3.8, 4) is 17.2 Å². The van der Waals surface area contributed by atoms with Gasteiger partial charge in [-0.15, -0.1) is 0 Å². The molecule has 1 fully saturated rings. The normalized spacial score (nSPS) is 17.6. The number of carbonyl (C=O) groups is 2. The number of nitrogens with zero attached hydrogens (tertiary/aromatic N) is 1. The van der Waals surface area contributed by atoms with Crippen LogP contribution in [-0.4, -0.2) is 60.3 Å². The van der Waals surface area contributed by atoms with Crippen molar-refractivity contribution >= 4 is 17.4 Å². The summed E-state index contributed by atoms with van der Waals surface area (Å²) in [4.78, 5) is 27.2. The summed E-state index contributed by atoms with van der Waals surface area (Å²) in [5.74, 6) is -1.02. The van der Waals surface area contributed by atoms with Crippen LogP contribution in [0.4, 0.5) is 0 Å². The number of aliphatic hydroxyl groups is 1. The van der Waals surface area contributed by atoms with Gasteiger partial charge in [-0.2, -0.15) is 0 Å². The molecule has 0 radical (unpaired) electrons. The van der Waals surface area contributed by atoms with E-state index in [1.807, 2.05) is 6.92 Å².